The molecule has 1 rings (SSSR count). The summed E-state index contributed by atoms with van der Waals surface area (Å²) in [5.74, 6) is 0.156. The average molecular weight is 210 g/mol. The molecule has 1 amide bonds. The highest BCUT2D eigenvalue weighted by molar-refractivity contribution is 6.80. The highest BCUT2D eigenvalue weighted by Gasteiger charge is 2.51. The molecule has 0 aromatic rings. The molecule has 3 nitrogen and oxygen atoms in total. The molecule has 1 aliphatic rings. The van der Waals surface area contributed by atoms with Crippen molar-refractivity contribution < 1.29 is 4.79 Å². The standard InChI is InChI=1S/C10H18N2OSi/c1-10(2,3)14(4,5)12-8(7-11)6-9(12)13/h8H,6H2,1-5H3/t8-/m0/s1. The molecule has 0 aliphatic carbocycles. The number of carbonyl (C=O) groups is 1. The van der Waals surface area contributed by atoms with Gasteiger partial charge in [-0.25, -0.2) is 0 Å². The molecule has 0 radical (unpaired) electrons. The Balaban J connectivity index is 2.94. The zero-order chi connectivity index (χ0) is 11.1. The number of carbonyl (C=O) groups excluding carboxylic acids is 1. The summed E-state index contributed by atoms with van der Waals surface area (Å²) in [5.41, 5.74) is 0. The van der Waals surface area contributed by atoms with Gasteiger partial charge in [-0.3, -0.25) is 4.79 Å². The van der Waals surface area contributed by atoms with E-state index in [0.717, 1.165) is 0 Å². The van der Waals surface area contributed by atoms with Gasteiger partial charge in [0, 0.05) is 0 Å². The summed E-state index contributed by atoms with van der Waals surface area (Å²) in [5, 5.41) is 9.00. The van der Waals surface area contributed by atoms with Gasteiger partial charge in [-0.2, -0.15) is 5.26 Å². The number of hydrogen-bond donors (Lipinski definition) is 0. The maximum atomic E-state index is 11.5. The minimum Gasteiger partial charge on any atom is -0.354 e. The molecule has 0 bridgehead atoms. The molecule has 0 unspecified atom stereocenters. The quantitative estimate of drug-likeness (QED) is 0.491. The molecule has 14 heavy (non-hydrogen) atoms. The summed E-state index contributed by atoms with van der Waals surface area (Å²) in [6.07, 6.45) is 0.420. The largest absolute Gasteiger partial charge is 0.354 e. The monoisotopic (exact) mass is 210 g/mol. The predicted molar refractivity (Wildman–Crippen MR) is 58.1 cm³/mol. The third-order valence-electron chi connectivity index (χ3n) is 3.54. The molecule has 1 atom stereocenters. The van der Waals surface area contributed by atoms with E-state index in [1.54, 1.807) is 0 Å². The molecular formula is C10H18N2OSi. The fourth-order valence-corrected chi connectivity index (χ4v) is 3.95. The summed E-state index contributed by atoms with van der Waals surface area (Å²) in [4.78, 5) is 11.5. The second kappa shape index (κ2) is 3.09. The molecule has 1 saturated heterocycles. The molecule has 0 N–H and O–H groups in total. The minimum absolute atomic E-state index is 0.123. The van der Waals surface area contributed by atoms with Crippen LogP contribution in [0.5, 0.6) is 0 Å². The first-order valence-corrected chi connectivity index (χ1v) is 7.88. The van der Waals surface area contributed by atoms with Crippen LogP contribution in [0.1, 0.15) is 27.2 Å². The van der Waals surface area contributed by atoms with Crippen LogP contribution >= 0.6 is 0 Å². The molecule has 4 heteroatoms. The molecule has 0 aromatic heterocycles. The molecule has 78 valence electrons. The SMILES string of the molecule is CC(C)(C)[Si](C)(C)N1C(=O)C[C@H]1C#N. The van der Waals surface area contributed by atoms with E-state index in [2.05, 4.69) is 39.9 Å². The number of amides is 1. The van der Waals surface area contributed by atoms with Gasteiger partial charge in [0.2, 0.25) is 5.91 Å². The maximum Gasteiger partial charge on any atom is 0.218 e. The van der Waals surface area contributed by atoms with Crippen LogP contribution in [0, 0.1) is 11.3 Å². The Hall–Kier alpha value is -0.823. The zero-order valence-electron chi connectivity index (χ0n) is 9.59. The van der Waals surface area contributed by atoms with Crippen LogP contribution in [-0.2, 0) is 4.79 Å². The smallest absolute Gasteiger partial charge is 0.218 e. The fraction of sp³-hybridized carbons (Fsp3) is 0.800. The fourth-order valence-electron chi connectivity index (χ4n) is 1.58. The van der Waals surface area contributed by atoms with Gasteiger partial charge < -0.3 is 4.57 Å². The van der Waals surface area contributed by atoms with Crippen molar-refractivity contribution in [2.24, 2.45) is 0 Å². The van der Waals surface area contributed by atoms with Crippen LogP contribution in [-0.4, -0.2) is 24.7 Å². The van der Waals surface area contributed by atoms with Gasteiger partial charge >= 0.3 is 0 Å². The van der Waals surface area contributed by atoms with Crippen molar-refractivity contribution in [3.05, 3.63) is 0 Å². The van der Waals surface area contributed by atoms with E-state index in [9.17, 15) is 4.79 Å². The Morgan fingerprint density at radius 3 is 2.29 bits per heavy atom. The minimum atomic E-state index is -1.81. The van der Waals surface area contributed by atoms with E-state index in [4.69, 9.17) is 5.26 Å². The number of rotatable bonds is 1. The summed E-state index contributed by atoms with van der Waals surface area (Å²) in [6, 6.07) is 2.04. The topological polar surface area (TPSA) is 44.1 Å². The molecule has 0 aromatic carbocycles. The number of β-lactam (4-membered cyclic amide) rings is 1. The maximum absolute atomic E-state index is 11.5. The Bertz CT molecular complexity index is 298. The Morgan fingerprint density at radius 1 is 1.50 bits per heavy atom. The van der Waals surface area contributed by atoms with Crippen LogP contribution in [0.3, 0.4) is 0 Å². The molecule has 0 spiro atoms. The second-order valence-corrected chi connectivity index (χ2v) is 10.5. The van der Waals surface area contributed by atoms with Crippen LogP contribution < -0.4 is 0 Å². The summed E-state index contributed by atoms with van der Waals surface area (Å²) in [7, 11) is -1.81. The normalized spacial score (nSPS) is 23.0. The predicted octanol–water partition coefficient (Wildman–Crippen LogP) is 2.12. The van der Waals surface area contributed by atoms with Crippen molar-refractivity contribution >= 4 is 14.1 Å². The van der Waals surface area contributed by atoms with Crippen molar-refractivity contribution in [3.63, 3.8) is 0 Å². The lowest BCUT2D eigenvalue weighted by atomic mass is 10.1. The van der Waals surface area contributed by atoms with Gasteiger partial charge in [-0.05, 0) is 5.04 Å². The zero-order valence-corrected chi connectivity index (χ0v) is 10.6. The summed E-state index contributed by atoms with van der Waals surface area (Å²) < 4.78 is 1.85. The first-order chi connectivity index (χ1) is 6.21. The molecule has 1 aliphatic heterocycles. The van der Waals surface area contributed by atoms with Crippen LogP contribution in [0.2, 0.25) is 18.1 Å². The number of hydrogen-bond acceptors (Lipinski definition) is 2. The van der Waals surface area contributed by atoms with Gasteiger partial charge in [0.1, 0.15) is 6.04 Å². The third kappa shape index (κ3) is 1.46. The van der Waals surface area contributed by atoms with E-state index in [0.29, 0.717) is 6.42 Å². The van der Waals surface area contributed by atoms with Crippen LogP contribution in [0.15, 0.2) is 0 Å². The van der Waals surface area contributed by atoms with Crippen molar-refractivity contribution in [2.75, 3.05) is 0 Å². The highest BCUT2D eigenvalue weighted by atomic mass is 28.3. The van der Waals surface area contributed by atoms with Gasteiger partial charge in [0.15, 0.2) is 8.24 Å². The van der Waals surface area contributed by atoms with Gasteiger partial charge in [-0.1, -0.05) is 33.9 Å². The van der Waals surface area contributed by atoms with Crippen LogP contribution in [0.4, 0.5) is 0 Å². The van der Waals surface area contributed by atoms with Gasteiger partial charge in [0.25, 0.3) is 0 Å². The average Bonchev–Trinajstić information content (AvgIpc) is 1.96. The molecular weight excluding hydrogens is 192 g/mol. The summed E-state index contributed by atoms with van der Waals surface area (Å²) >= 11 is 0. The van der Waals surface area contributed by atoms with Crippen molar-refractivity contribution in [2.45, 2.75) is 51.4 Å². The highest BCUT2D eigenvalue weighted by Crippen LogP contribution is 2.42. The second-order valence-electron chi connectivity index (χ2n) is 5.42. The molecule has 0 saturated carbocycles. The van der Waals surface area contributed by atoms with E-state index in [1.807, 2.05) is 4.57 Å². The lowest BCUT2D eigenvalue weighted by molar-refractivity contribution is -0.136. The third-order valence-corrected chi connectivity index (χ3v) is 8.97. The summed E-state index contributed by atoms with van der Waals surface area (Å²) in [6.45, 7) is 10.8. The van der Waals surface area contributed by atoms with E-state index >= 15 is 0 Å². The van der Waals surface area contributed by atoms with Crippen LogP contribution in [0.25, 0.3) is 0 Å². The lowest BCUT2D eigenvalue weighted by Crippen LogP contribution is -2.67. The van der Waals surface area contributed by atoms with Crippen molar-refractivity contribution in [1.29, 1.82) is 5.26 Å². The van der Waals surface area contributed by atoms with E-state index in [1.165, 1.54) is 0 Å². The number of nitriles is 1. The number of nitrogens with zero attached hydrogens (tertiary/aromatic N) is 2. The van der Waals surface area contributed by atoms with E-state index in [-0.39, 0.29) is 17.0 Å². The Labute approximate surface area is 86.8 Å². The van der Waals surface area contributed by atoms with Gasteiger partial charge in [-0.15, -0.1) is 0 Å². The first-order valence-electron chi connectivity index (χ1n) is 4.93. The Morgan fingerprint density at radius 2 is 2.00 bits per heavy atom. The molecule has 1 fully saturated rings. The molecule has 1 heterocycles. The lowest BCUT2D eigenvalue weighted by Gasteiger charge is -2.52. The van der Waals surface area contributed by atoms with E-state index < -0.39 is 8.24 Å². The van der Waals surface area contributed by atoms with Gasteiger partial charge in [0.05, 0.1) is 12.5 Å². The van der Waals surface area contributed by atoms with Crippen molar-refractivity contribution in [1.82, 2.24) is 4.57 Å². The Kier molecular flexibility index (Phi) is 2.49. The first kappa shape index (κ1) is 11.3. The van der Waals surface area contributed by atoms with Crippen molar-refractivity contribution in [3.8, 4) is 6.07 Å².